The lowest BCUT2D eigenvalue weighted by molar-refractivity contribution is -0.126. The molecule has 2 aromatic rings. The molecule has 0 spiro atoms. The lowest BCUT2D eigenvalue weighted by Crippen LogP contribution is -2.48. The molecule has 0 bridgehead atoms. The number of amides is 1. The predicted molar refractivity (Wildman–Crippen MR) is 96.3 cm³/mol. The molecule has 6 heteroatoms. The summed E-state index contributed by atoms with van der Waals surface area (Å²) in [5, 5.41) is 3.04. The van der Waals surface area contributed by atoms with E-state index in [0.29, 0.717) is 26.1 Å². The lowest BCUT2D eigenvalue weighted by Gasteiger charge is -2.32. The van der Waals surface area contributed by atoms with Crippen LogP contribution in [0.1, 0.15) is 36.6 Å². The Kier molecular flexibility index (Phi) is 5.28. The highest BCUT2D eigenvalue weighted by Gasteiger charge is 2.27. The zero-order valence-electron chi connectivity index (χ0n) is 14.7. The summed E-state index contributed by atoms with van der Waals surface area (Å²) in [4.78, 5) is 33.2. The Morgan fingerprint density at radius 2 is 2.08 bits per heavy atom. The summed E-state index contributed by atoms with van der Waals surface area (Å²) in [6, 6.07) is 9.91. The minimum absolute atomic E-state index is 0.0103. The summed E-state index contributed by atoms with van der Waals surface area (Å²) in [7, 11) is 0. The molecule has 1 aliphatic rings. The highest BCUT2D eigenvalue weighted by Crippen LogP contribution is 2.16. The maximum absolute atomic E-state index is 12.5. The van der Waals surface area contributed by atoms with E-state index in [-0.39, 0.29) is 23.4 Å². The molecule has 0 radical (unpaired) electrons. The van der Waals surface area contributed by atoms with Crippen LogP contribution in [0.15, 0.2) is 41.5 Å². The van der Waals surface area contributed by atoms with Gasteiger partial charge in [0.15, 0.2) is 0 Å². The van der Waals surface area contributed by atoms with Gasteiger partial charge >= 0.3 is 0 Å². The largest absolute Gasteiger partial charge is 0.354 e. The second-order valence-corrected chi connectivity index (χ2v) is 6.61. The van der Waals surface area contributed by atoms with Crippen LogP contribution < -0.4 is 10.9 Å². The van der Waals surface area contributed by atoms with Crippen molar-refractivity contribution < 1.29 is 4.79 Å². The first-order chi connectivity index (χ1) is 12.1. The predicted octanol–water partition coefficient (Wildman–Crippen LogP) is 1.44. The Bertz CT molecular complexity index is 788. The molecule has 2 heterocycles. The van der Waals surface area contributed by atoms with Gasteiger partial charge < -0.3 is 10.3 Å². The molecule has 6 nitrogen and oxygen atoms in total. The molecule has 1 aliphatic heterocycles. The minimum Gasteiger partial charge on any atom is -0.354 e. The number of aromatic amines is 1. The standard InChI is InChI=1S/C19H24N4O2/c1-13(15-6-4-3-5-7-15)10-20-18(24)14(2)23-9-8-16-17(11-23)21-12-22-19(16)25/h3-7,12-14H,8-11H2,1-2H3,(H,20,24)(H,21,22,25)/t13-,14+/m1/s1. The highest BCUT2D eigenvalue weighted by atomic mass is 16.2. The van der Waals surface area contributed by atoms with Crippen LogP contribution in [0.4, 0.5) is 0 Å². The second kappa shape index (κ2) is 7.61. The van der Waals surface area contributed by atoms with Crippen molar-refractivity contribution >= 4 is 5.91 Å². The Morgan fingerprint density at radius 3 is 2.84 bits per heavy atom. The van der Waals surface area contributed by atoms with E-state index in [1.54, 1.807) is 0 Å². The van der Waals surface area contributed by atoms with Gasteiger partial charge in [-0.2, -0.15) is 0 Å². The number of carbonyl (C=O) groups excluding carboxylic acids is 1. The monoisotopic (exact) mass is 340 g/mol. The van der Waals surface area contributed by atoms with Crippen LogP contribution in [0.2, 0.25) is 0 Å². The van der Waals surface area contributed by atoms with Crippen LogP contribution in [-0.2, 0) is 17.8 Å². The summed E-state index contributed by atoms with van der Waals surface area (Å²) in [6.45, 7) is 5.83. The molecule has 2 N–H and O–H groups in total. The number of carbonyl (C=O) groups is 1. The maximum atomic E-state index is 12.5. The van der Waals surface area contributed by atoms with Crippen molar-refractivity contribution in [2.45, 2.75) is 38.8 Å². The van der Waals surface area contributed by atoms with E-state index in [9.17, 15) is 9.59 Å². The average molecular weight is 340 g/mol. The molecule has 3 rings (SSSR count). The third-order valence-electron chi connectivity index (χ3n) is 4.92. The van der Waals surface area contributed by atoms with E-state index in [1.165, 1.54) is 11.9 Å². The molecule has 1 aromatic heterocycles. The van der Waals surface area contributed by atoms with E-state index < -0.39 is 0 Å². The van der Waals surface area contributed by atoms with Crippen LogP contribution in [0.5, 0.6) is 0 Å². The summed E-state index contributed by atoms with van der Waals surface area (Å²) in [5.41, 5.74) is 2.65. The van der Waals surface area contributed by atoms with Gasteiger partial charge in [-0.05, 0) is 24.8 Å². The fraction of sp³-hybridized carbons (Fsp3) is 0.421. The Morgan fingerprint density at radius 1 is 1.32 bits per heavy atom. The number of rotatable bonds is 5. The fourth-order valence-electron chi connectivity index (χ4n) is 3.18. The molecule has 2 atom stereocenters. The topological polar surface area (TPSA) is 78.1 Å². The van der Waals surface area contributed by atoms with Crippen LogP contribution in [0.3, 0.4) is 0 Å². The number of benzene rings is 1. The first-order valence-electron chi connectivity index (χ1n) is 8.68. The minimum atomic E-state index is -0.253. The van der Waals surface area contributed by atoms with Gasteiger partial charge in [-0.3, -0.25) is 14.5 Å². The normalized spacial score (nSPS) is 16.7. The Hall–Kier alpha value is -2.47. The number of aromatic nitrogens is 2. The first-order valence-corrected chi connectivity index (χ1v) is 8.68. The van der Waals surface area contributed by atoms with Gasteiger partial charge in [0.05, 0.1) is 18.1 Å². The average Bonchev–Trinajstić information content (AvgIpc) is 2.65. The van der Waals surface area contributed by atoms with Crippen molar-refractivity contribution in [2.75, 3.05) is 13.1 Å². The van der Waals surface area contributed by atoms with E-state index in [4.69, 9.17) is 0 Å². The first kappa shape index (κ1) is 17.4. The van der Waals surface area contributed by atoms with Gasteiger partial charge in [-0.15, -0.1) is 0 Å². The Balaban J connectivity index is 1.57. The van der Waals surface area contributed by atoms with Crippen molar-refractivity contribution in [1.82, 2.24) is 20.2 Å². The van der Waals surface area contributed by atoms with Crippen LogP contribution in [0.25, 0.3) is 0 Å². The van der Waals surface area contributed by atoms with Crippen LogP contribution in [0, 0.1) is 0 Å². The number of fused-ring (bicyclic) bond motifs is 1. The summed E-state index contributed by atoms with van der Waals surface area (Å²) < 4.78 is 0. The van der Waals surface area contributed by atoms with Crippen molar-refractivity contribution in [3.05, 3.63) is 63.8 Å². The molecule has 0 aliphatic carbocycles. The maximum Gasteiger partial charge on any atom is 0.254 e. The summed E-state index contributed by atoms with van der Waals surface area (Å²) >= 11 is 0. The number of hydrogen-bond donors (Lipinski definition) is 2. The zero-order chi connectivity index (χ0) is 17.8. The molecular weight excluding hydrogens is 316 g/mol. The zero-order valence-corrected chi connectivity index (χ0v) is 14.7. The number of nitrogens with one attached hydrogen (secondary N) is 2. The molecule has 1 amide bonds. The van der Waals surface area contributed by atoms with E-state index in [1.807, 2.05) is 25.1 Å². The van der Waals surface area contributed by atoms with E-state index in [2.05, 4.69) is 39.2 Å². The third kappa shape index (κ3) is 3.96. The molecule has 0 unspecified atom stereocenters. The highest BCUT2D eigenvalue weighted by molar-refractivity contribution is 5.81. The van der Waals surface area contributed by atoms with Crippen molar-refractivity contribution in [3.63, 3.8) is 0 Å². The van der Waals surface area contributed by atoms with Gasteiger partial charge in [-0.25, -0.2) is 4.98 Å². The lowest BCUT2D eigenvalue weighted by atomic mass is 10.0. The number of hydrogen-bond acceptors (Lipinski definition) is 4. The van der Waals surface area contributed by atoms with Crippen molar-refractivity contribution in [2.24, 2.45) is 0 Å². The van der Waals surface area contributed by atoms with Crippen LogP contribution >= 0.6 is 0 Å². The molecule has 25 heavy (non-hydrogen) atoms. The number of nitrogens with zero attached hydrogens (tertiary/aromatic N) is 2. The molecule has 132 valence electrons. The van der Waals surface area contributed by atoms with Gasteiger partial charge in [0.25, 0.3) is 5.56 Å². The molecular formula is C19H24N4O2. The molecule has 0 saturated carbocycles. The molecule has 0 saturated heterocycles. The van der Waals surface area contributed by atoms with Gasteiger partial charge in [0, 0.05) is 25.2 Å². The van der Waals surface area contributed by atoms with E-state index >= 15 is 0 Å². The number of H-pyrrole nitrogens is 1. The van der Waals surface area contributed by atoms with Gasteiger partial charge in [0.2, 0.25) is 5.91 Å². The van der Waals surface area contributed by atoms with Gasteiger partial charge in [0.1, 0.15) is 0 Å². The smallest absolute Gasteiger partial charge is 0.254 e. The van der Waals surface area contributed by atoms with Crippen molar-refractivity contribution in [1.29, 1.82) is 0 Å². The summed E-state index contributed by atoms with van der Waals surface area (Å²) in [6.07, 6.45) is 2.05. The third-order valence-corrected chi connectivity index (χ3v) is 4.92. The Labute approximate surface area is 147 Å². The van der Waals surface area contributed by atoms with E-state index in [0.717, 1.165) is 11.3 Å². The molecule has 1 aromatic carbocycles. The quantitative estimate of drug-likeness (QED) is 0.863. The van der Waals surface area contributed by atoms with Crippen LogP contribution in [-0.4, -0.2) is 39.9 Å². The SMILES string of the molecule is C[C@H](CNC(=O)[C@H](C)N1CCc2c(nc[nH]c2=O)C1)c1ccccc1. The summed E-state index contributed by atoms with van der Waals surface area (Å²) in [5.74, 6) is 0.274. The fourth-order valence-corrected chi connectivity index (χ4v) is 3.18. The second-order valence-electron chi connectivity index (χ2n) is 6.61. The van der Waals surface area contributed by atoms with Crippen molar-refractivity contribution in [3.8, 4) is 0 Å². The van der Waals surface area contributed by atoms with Gasteiger partial charge in [-0.1, -0.05) is 37.3 Å². The molecule has 0 fully saturated rings.